The Labute approximate surface area is 481 Å². The van der Waals surface area contributed by atoms with Crippen molar-refractivity contribution in [2.24, 2.45) is 0 Å². The monoisotopic (exact) mass is 1110 g/mol. The van der Waals surface area contributed by atoms with E-state index >= 15 is 0 Å². The van der Waals surface area contributed by atoms with Crippen molar-refractivity contribution in [3.8, 4) is 0 Å². The summed E-state index contributed by atoms with van der Waals surface area (Å²) < 4.78 is 30.7. The Morgan fingerprint density at radius 2 is 0.821 bits per heavy atom. The lowest BCUT2D eigenvalue weighted by Gasteiger charge is -2.27. The summed E-state index contributed by atoms with van der Waals surface area (Å²) in [6, 6.07) is -0.857. The van der Waals surface area contributed by atoms with Crippen LogP contribution in [0, 0.1) is 0 Å². The molecule has 0 aromatic rings. The molecule has 3 atom stereocenters. The first-order valence-electron chi connectivity index (χ1n) is 32.1. The van der Waals surface area contributed by atoms with Crippen LogP contribution in [-0.2, 0) is 27.9 Å². The number of carbonyl (C=O) groups is 2. The molecule has 3 unspecified atom stereocenters. The number of carbonyl (C=O) groups excluding carboxylic acids is 2. The Kier molecular flexibility index (Phi) is 54.9. The van der Waals surface area contributed by atoms with E-state index in [1.54, 1.807) is 0 Å². The van der Waals surface area contributed by atoms with Gasteiger partial charge in [0.15, 0.2) is 0 Å². The van der Waals surface area contributed by atoms with Crippen molar-refractivity contribution in [1.82, 2.24) is 5.32 Å². The van der Waals surface area contributed by atoms with Crippen LogP contribution in [-0.4, -0.2) is 74.3 Å². The molecule has 0 aromatic carbocycles. The predicted molar refractivity (Wildman–Crippen MR) is 337 cm³/mol. The molecule has 0 fully saturated rings. The molecule has 2 N–H and O–H groups in total. The van der Waals surface area contributed by atoms with Gasteiger partial charge in [-0.15, -0.1) is 0 Å². The first kappa shape index (κ1) is 74.9. The van der Waals surface area contributed by atoms with Crippen LogP contribution in [0.2, 0.25) is 0 Å². The van der Waals surface area contributed by atoms with Crippen molar-refractivity contribution in [1.29, 1.82) is 0 Å². The number of esters is 1. The van der Waals surface area contributed by atoms with E-state index in [4.69, 9.17) is 13.8 Å². The minimum atomic E-state index is -4.45. The molecule has 0 saturated carbocycles. The van der Waals surface area contributed by atoms with Crippen LogP contribution in [0.3, 0.4) is 0 Å². The fourth-order valence-electron chi connectivity index (χ4n) is 8.89. The second-order valence-corrected chi connectivity index (χ2v) is 24.0. The maximum absolute atomic E-state index is 13.6. The summed E-state index contributed by atoms with van der Waals surface area (Å²) >= 11 is 0. The van der Waals surface area contributed by atoms with Gasteiger partial charge in [0.05, 0.1) is 33.8 Å². The van der Waals surface area contributed by atoms with Crippen molar-refractivity contribution >= 4 is 19.7 Å². The van der Waals surface area contributed by atoms with Crippen LogP contribution in [0.25, 0.3) is 0 Å². The van der Waals surface area contributed by atoms with E-state index < -0.39 is 20.0 Å². The lowest BCUT2D eigenvalue weighted by Crippen LogP contribution is -2.47. The van der Waals surface area contributed by atoms with Crippen LogP contribution in [0.4, 0.5) is 0 Å². The maximum atomic E-state index is 13.6. The van der Waals surface area contributed by atoms with Gasteiger partial charge in [-0.1, -0.05) is 253 Å². The van der Waals surface area contributed by atoms with Gasteiger partial charge in [0.2, 0.25) is 5.91 Å². The van der Waals surface area contributed by atoms with Crippen LogP contribution in [0.5, 0.6) is 0 Å². The highest BCUT2D eigenvalue weighted by Gasteiger charge is 2.30. The van der Waals surface area contributed by atoms with Crippen molar-refractivity contribution in [2.75, 3.05) is 40.9 Å². The molecule has 0 saturated heterocycles. The summed E-state index contributed by atoms with van der Waals surface area (Å²) in [4.78, 5) is 37.7. The maximum Gasteiger partial charge on any atom is 0.472 e. The SMILES string of the molecule is CC/C=C\C/C=C\C/C=C\C/C=C\C/C=C\CCCCCCCCCCCCCC(=O)NC(COP(=O)(O)OCC[N+](C)(C)C)C(/C=C\CCCCCCCCCCC)OC(=O)CCCCCCCCC/C=C/C/C=C/CC. The number of amides is 1. The molecular weight excluding hydrogens is 988 g/mol. The number of unbranched alkanes of at least 4 members (excludes halogenated alkanes) is 27. The zero-order valence-electron chi connectivity index (χ0n) is 51.4. The average Bonchev–Trinajstić information content (AvgIpc) is 3.41. The number of quaternary nitrogens is 1. The van der Waals surface area contributed by atoms with Gasteiger partial charge >= 0.3 is 13.8 Å². The lowest BCUT2D eigenvalue weighted by molar-refractivity contribution is -0.870. The number of rotatable bonds is 57. The molecule has 10 heteroatoms. The highest BCUT2D eigenvalue weighted by Crippen LogP contribution is 2.43. The van der Waals surface area contributed by atoms with Gasteiger partial charge in [0, 0.05) is 12.8 Å². The number of nitrogens with one attached hydrogen (secondary N) is 1. The minimum Gasteiger partial charge on any atom is -0.456 e. The van der Waals surface area contributed by atoms with Gasteiger partial charge in [-0.3, -0.25) is 18.6 Å². The smallest absolute Gasteiger partial charge is 0.456 e. The molecule has 0 radical (unpaired) electrons. The standard InChI is InChI=1S/C68H121N2O7P/c1-7-10-13-16-19-22-25-27-29-30-31-32-33-34-35-36-37-38-39-40-41-42-45-48-51-54-57-60-67(71)69-65(64-76-78(73,74)75-63-62-70(4,5)6)66(59-56-53-50-47-44-24-21-18-15-12-9-3)77-68(72)61-58-55-52-49-46-43-28-26-23-20-17-14-11-8-2/h10-11,13-14,19-20,22-23,27,29,31-32,34-35,56,59,65-66H,7-9,12,15-18,21,24-26,28,30,33,36-55,57-58,60-64H2,1-6H3,(H-,69,71,73,74)/p+1/b13-10-,14-11+,22-19-,23-20+,29-27-,32-31-,35-34-,59-56-. The topological polar surface area (TPSA) is 111 Å². The van der Waals surface area contributed by atoms with E-state index in [0.29, 0.717) is 17.4 Å². The molecule has 0 aliphatic heterocycles. The summed E-state index contributed by atoms with van der Waals surface area (Å²) in [6.45, 7) is 6.78. The third-order valence-corrected chi connectivity index (χ3v) is 14.8. The largest absolute Gasteiger partial charge is 0.472 e. The van der Waals surface area contributed by atoms with Gasteiger partial charge in [0.1, 0.15) is 19.3 Å². The highest BCUT2D eigenvalue weighted by molar-refractivity contribution is 7.47. The Morgan fingerprint density at radius 3 is 1.23 bits per heavy atom. The second-order valence-electron chi connectivity index (χ2n) is 22.5. The number of ether oxygens (including phenoxy) is 1. The summed E-state index contributed by atoms with van der Waals surface area (Å²) in [5, 5.41) is 3.05. The normalized spacial score (nSPS) is 14.3. The zero-order valence-corrected chi connectivity index (χ0v) is 52.3. The first-order valence-corrected chi connectivity index (χ1v) is 33.6. The Hall–Kier alpha value is -3.07. The molecule has 0 aliphatic carbocycles. The van der Waals surface area contributed by atoms with E-state index in [9.17, 15) is 19.0 Å². The van der Waals surface area contributed by atoms with Crippen molar-refractivity contribution in [2.45, 2.75) is 283 Å². The quantitative estimate of drug-likeness (QED) is 0.0205. The first-order chi connectivity index (χ1) is 37.9. The summed E-state index contributed by atoms with van der Waals surface area (Å²) in [6.07, 6.45) is 77.0. The second kappa shape index (κ2) is 57.2. The van der Waals surface area contributed by atoms with Crippen molar-refractivity contribution < 1.29 is 37.3 Å². The molecule has 1 amide bonds. The molecule has 0 heterocycles. The fraction of sp³-hybridized carbons (Fsp3) is 0.735. The summed E-state index contributed by atoms with van der Waals surface area (Å²) in [5.74, 6) is -0.520. The van der Waals surface area contributed by atoms with Crippen molar-refractivity contribution in [3.63, 3.8) is 0 Å². The third kappa shape index (κ3) is 57.6. The summed E-state index contributed by atoms with van der Waals surface area (Å²) in [7, 11) is 1.48. The van der Waals surface area contributed by atoms with Gasteiger partial charge in [-0.25, -0.2) is 4.57 Å². The Balaban J connectivity index is 5.06. The third-order valence-electron chi connectivity index (χ3n) is 13.8. The van der Waals surface area contributed by atoms with E-state index in [2.05, 4.69) is 111 Å². The van der Waals surface area contributed by atoms with E-state index in [-0.39, 0.29) is 31.5 Å². The summed E-state index contributed by atoms with van der Waals surface area (Å²) in [5.41, 5.74) is 0. The molecule has 0 aromatic heterocycles. The number of hydrogen-bond acceptors (Lipinski definition) is 6. The Bertz CT molecular complexity index is 1660. The number of phosphoric acid groups is 1. The van der Waals surface area contributed by atoms with E-state index in [1.165, 1.54) is 122 Å². The highest BCUT2D eigenvalue weighted by atomic mass is 31.2. The van der Waals surface area contributed by atoms with Crippen molar-refractivity contribution in [3.05, 3.63) is 97.2 Å². The minimum absolute atomic E-state index is 0.0346. The Morgan fingerprint density at radius 1 is 0.462 bits per heavy atom. The molecule has 0 bridgehead atoms. The number of likely N-dealkylation sites (N-methyl/N-ethyl adjacent to an activating group) is 1. The molecular formula is C68H122N2O7P+. The predicted octanol–water partition coefficient (Wildman–Crippen LogP) is 19.9. The van der Waals surface area contributed by atoms with Crippen LogP contribution < -0.4 is 5.32 Å². The molecule has 450 valence electrons. The molecule has 0 rings (SSSR count). The van der Waals surface area contributed by atoms with Crippen LogP contribution >= 0.6 is 7.82 Å². The average molecular weight is 1110 g/mol. The van der Waals surface area contributed by atoms with Gasteiger partial charge in [-0.05, 0) is 102 Å². The van der Waals surface area contributed by atoms with Gasteiger partial charge in [0.25, 0.3) is 0 Å². The fourth-order valence-corrected chi connectivity index (χ4v) is 9.62. The van der Waals surface area contributed by atoms with Crippen LogP contribution in [0.1, 0.15) is 271 Å². The molecule has 78 heavy (non-hydrogen) atoms. The number of allylic oxidation sites excluding steroid dienone is 15. The van der Waals surface area contributed by atoms with Gasteiger partial charge < -0.3 is 19.4 Å². The number of hydrogen-bond donors (Lipinski definition) is 2. The van der Waals surface area contributed by atoms with Gasteiger partial charge in [-0.2, -0.15) is 0 Å². The number of phosphoric ester groups is 1. The lowest BCUT2D eigenvalue weighted by atomic mass is 10.0. The number of nitrogens with zero attached hydrogens (tertiary/aromatic N) is 1. The molecule has 9 nitrogen and oxygen atoms in total. The zero-order chi connectivity index (χ0) is 57.2. The molecule has 0 aliphatic rings. The van der Waals surface area contributed by atoms with E-state index in [1.807, 2.05) is 33.3 Å². The molecule has 0 spiro atoms. The van der Waals surface area contributed by atoms with Crippen LogP contribution in [0.15, 0.2) is 97.2 Å². The van der Waals surface area contributed by atoms with E-state index in [0.717, 1.165) is 116 Å².